The Kier molecular flexibility index (Phi) is 11.4. The van der Waals surface area contributed by atoms with E-state index in [4.69, 9.17) is 4.99 Å². The van der Waals surface area contributed by atoms with Gasteiger partial charge in [0.05, 0.1) is 5.84 Å². The lowest BCUT2D eigenvalue weighted by molar-refractivity contribution is 0.0689. The maximum absolute atomic E-state index is 13.2. The molecule has 2 saturated heterocycles. The molecular formula is C46H63N7O2. The summed E-state index contributed by atoms with van der Waals surface area (Å²) in [5.74, 6) is 3.17. The molecule has 294 valence electrons. The highest BCUT2D eigenvalue weighted by atomic mass is 16.2. The first kappa shape index (κ1) is 37.8. The van der Waals surface area contributed by atoms with E-state index in [0.29, 0.717) is 0 Å². The molecule has 2 aromatic heterocycles. The van der Waals surface area contributed by atoms with Gasteiger partial charge < -0.3 is 29.2 Å². The molecule has 0 saturated carbocycles. The van der Waals surface area contributed by atoms with Crippen LogP contribution in [0.25, 0.3) is 21.8 Å². The number of carbonyl (C=O) groups excluding carboxylic acids is 2. The normalized spacial score (nSPS) is 19.3. The van der Waals surface area contributed by atoms with Crippen molar-refractivity contribution in [3.05, 3.63) is 70.0 Å². The number of likely N-dealkylation sites (tertiary alicyclic amines) is 2. The average Bonchev–Trinajstić information content (AvgIpc) is 3.95. The first-order chi connectivity index (χ1) is 26.8. The second-order valence-electron chi connectivity index (χ2n) is 17.1. The molecule has 5 aliphatic heterocycles. The highest BCUT2D eigenvalue weighted by Gasteiger charge is 2.29. The van der Waals surface area contributed by atoms with E-state index in [1.807, 2.05) is 11.0 Å². The van der Waals surface area contributed by atoms with Gasteiger partial charge in [0.2, 0.25) is 0 Å². The Morgan fingerprint density at radius 1 is 0.709 bits per heavy atom. The van der Waals surface area contributed by atoms with Crippen LogP contribution in [0.1, 0.15) is 122 Å². The molecule has 5 aliphatic rings. The summed E-state index contributed by atoms with van der Waals surface area (Å²) in [7, 11) is 0. The molecule has 9 rings (SSSR count). The van der Waals surface area contributed by atoms with E-state index < -0.39 is 0 Å². The van der Waals surface area contributed by atoms with E-state index in [-0.39, 0.29) is 11.8 Å². The third kappa shape index (κ3) is 7.58. The van der Waals surface area contributed by atoms with Crippen LogP contribution in [-0.2, 0) is 39.0 Å². The molecule has 0 unspecified atom stereocenters. The van der Waals surface area contributed by atoms with Crippen LogP contribution in [0.2, 0.25) is 0 Å². The number of rotatable bonds is 6. The van der Waals surface area contributed by atoms with Crippen LogP contribution in [0.15, 0.2) is 41.4 Å². The van der Waals surface area contributed by atoms with Crippen LogP contribution < -0.4 is 5.32 Å². The molecule has 7 heterocycles. The van der Waals surface area contributed by atoms with Crippen LogP contribution >= 0.6 is 0 Å². The summed E-state index contributed by atoms with van der Waals surface area (Å²) in [6, 6.07) is 12.8. The molecule has 0 bridgehead atoms. The van der Waals surface area contributed by atoms with Gasteiger partial charge in [-0.15, -0.1) is 0 Å². The molecule has 4 aromatic rings. The van der Waals surface area contributed by atoms with Crippen molar-refractivity contribution in [1.29, 1.82) is 0 Å². The lowest BCUT2D eigenvalue weighted by atomic mass is 9.98. The molecule has 0 atom stereocenters. The van der Waals surface area contributed by atoms with Crippen LogP contribution in [0, 0.1) is 11.8 Å². The Balaban J connectivity index is 0.000000158. The summed E-state index contributed by atoms with van der Waals surface area (Å²) in [4.78, 5) is 37.5. The van der Waals surface area contributed by atoms with Crippen molar-refractivity contribution in [2.45, 2.75) is 118 Å². The molecule has 55 heavy (non-hydrogen) atoms. The minimum atomic E-state index is 0.202. The summed E-state index contributed by atoms with van der Waals surface area (Å²) in [5, 5.41) is 6.04. The molecule has 9 nitrogen and oxygen atoms in total. The lowest BCUT2D eigenvalue weighted by Gasteiger charge is -2.30. The Hall–Kier alpha value is -4.11. The highest BCUT2D eigenvalue weighted by Crippen LogP contribution is 2.34. The Morgan fingerprint density at radius 3 is 1.78 bits per heavy atom. The zero-order valence-corrected chi connectivity index (χ0v) is 34.0. The first-order valence-electron chi connectivity index (χ1n) is 21.7. The molecule has 2 fully saturated rings. The van der Waals surface area contributed by atoms with Gasteiger partial charge in [0.25, 0.3) is 11.8 Å². The van der Waals surface area contributed by atoms with Crippen molar-refractivity contribution in [2.75, 3.05) is 45.8 Å². The molecule has 2 aromatic carbocycles. The number of aryl methyl sites for hydroxylation is 2. The fourth-order valence-electron chi connectivity index (χ4n) is 9.85. The summed E-state index contributed by atoms with van der Waals surface area (Å²) >= 11 is 0. The number of aromatic nitrogens is 2. The summed E-state index contributed by atoms with van der Waals surface area (Å²) in [6.45, 7) is 19.7. The smallest absolute Gasteiger partial charge is 0.253 e. The number of piperidine rings is 2. The number of nitrogens with one attached hydrogen (secondary N) is 1. The zero-order chi connectivity index (χ0) is 38.1. The Bertz CT molecular complexity index is 2060. The molecule has 2 amide bonds. The van der Waals surface area contributed by atoms with Gasteiger partial charge in [0, 0.05) is 141 Å². The minimum Gasteiger partial charge on any atom is -0.356 e. The van der Waals surface area contributed by atoms with Crippen molar-refractivity contribution in [1.82, 2.24) is 29.2 Å². The number of hydrogen-bond acceptors (Lipinski definition) is 5. The number of hydrogen-bond donors (Lipinski definition) is 1. The van der Waals surface area contributed by atoms with E-state index in [1.165, 1.54) is 56.6 Å². The molecule has 0 aliphatic carbocycles. The number of amidine groups is 1. The van der Waals surface area contributed by atoms with Crippen molar-refractivity contribution >= 4 is 39.5 Å². The number of carbonyl (C=O) groups is 2. The maximum Gasteiger partial charge on any atom is 0.253 e. The van der Waals surface area contributed by atoms with Gasteiger partial charge in [-0.25, -0.2) is 0 Å². The topological polar surface area (TPSA) is 78.1 Å². The molecule has 1 N–H and O–H groups in total. The fraction of sp³-hybridized carbons (Fsp3) is 0.587. The predicted octanol–water partition coefficient (Wildman–Crippen LogP) is 8.04. The Morgan fingerprint density at radius 2 is 1.25 bits per heavy atom. The van der Waals surface area contributed by atoms with Crippen LogP contribution in [0.4, 0.5) is 0 Å². The quantitative estimate of drug-likeness (QED) is 0.217. The summed E-state index contributed by atoms with van der Waals surface area (Å²) < 4.78 is 4.98. The lowest BCUT2D eigenvalue weighted by Crippen LogP contribution is -2.37. The van der Waals surface area contributed by atoms with E-state index in [1.54, 1.807) is 0 Å². The van der Waals surface area contributed by atoms with Gasteiger partial charge in [0.15, 0.2) is 0 Å². The fourth-order valence-corrected chi connectivity index (χ4v) is 9.85. The average molecular weight is 746 g/mol. The standard InChI is InChI=1S/C25H34N4O.C21H29N3O/c1-3-12-29-22-7-6-19(25(30)27-13-8-18(2)9-14-27)16-20(22)21-17-28(15-10-23(21)29)24-5-4-11-26-24;1-3-10-24-19-5-4-16(21(25)23-11-7-15(2)8-12-23)13-17(19)18-14-22-9-6-20(18)24/h6-7,16,18H,3-5,8-15,17H2,1-2H3;4-5,13,15,22H,3,6-12,14H2,1-2H3. The van der Waals surface area contributed by atoms with E-state index in [2.05, 4.69) is 82.3 Å². The van der Waals surface area contributed by atoms with Crippen molar-refractivity contribution in [3.63, 3.8) is 0 Å². The van der Waals surface area contributed by atoms with Gasteiger partial charge >= 0.3 is 0 Å². The van der Waals surface area contributed by atoms with Gasteiger partial charge in [-0.1, -0.05) is 27.7 Å². The number of nitrogens with zero attached hydrogens (tertiary/aromatic N) is 6. The number of fused-ring (bicyclic) bond motifs is 6. The van der Waals surface area contributed by atoms with Crippen LogP contribution in [0.5, 0.6) is 0 Å². The summed E-state index contributed by atoms with van der Waals surface area (Å²) in [5.41, 5.74) is 10.0. The van der Waals surface area contributed by atoms with Crippen LogP contribution in [0.3, 0.4) is 0 Å². The minimum absolute atomic E-state index is 0.202. The molecule has 0 spiro atoms. The van der Waals surface area contributed by atoms with E-state index in [9.17, 15) is 9.59 Å². The third-order valence-corrected chi connectivity index (χ3v) is 13.1. The van der Waals surface area contributed by atoms with Gasteiger partial charge in [0.1, 0.15) is 0 Å². The van der Waals surface area contributed by atoms with E-state index >= 15 is 0 Å². The molecule has 9 heteroatoms. The summed E-state index contributed by atoms with van der Waals surface area (Å²) in [6.07, 6.45) is 11.2. The first-order valence-corrected chi connectivity index (χ1v) is 21.7. The zero-order valence-electron chi connectivity index (χ0n) is 34.0. The second-order valence-corrected chi connectivity index (χ2v) is 17.1. The van der Waals surface area contributed by atoms with Gasteiger partial charge in [-0.2, -0.15) is 0 Å². The van der Waals surface area contributed by atoms with Crippen LogP contribution in [-0.4, -0.2) is 87.3 Å². The molecule has 0 radical (unpaired) electrons. The predicted molar refractivity (Wildman–Crippen MR) is 224 cm³/mol. The Labute approximate surface area is 328 Å². The monoisotopic (exact) mass is 746 g/mol. The number of aliphatic imine (C=N–C) groups is 1. The van der Waals surface area contributed by atoms with Crippen molar-refractivity contribution in [3.8, 4) is 0 Å². The van der Waals surface area contributed by atoms with Gasteiger partial charge in [-0.05, 0) is 98.7 Å². The number of benzene rings is 2. The largest absolute Gasteiger partial charge is 0.356 e. The highest BCUT2D eigenvalue weighted by molar-refractivity contribution is 6.00. The molecular weight excluding hydrogens is 683 g/mol. The maximum atomic E-state index is 13.2. The van der Waals surface area contributed by atoms with Crippen molar-refractivity contribution in [2.24, 2.45) is 16.8 Å². The van der Waals surface area contributed by atoms with E-state index in [0.717, 1.165) is 153 Å². The number of amides is 2. The second kappa shape index (κ2) is 16.5. The van der Waals surface area contributed by atoms with Crippen molar-refractivity contribution < 1.29 is 9.59 Å². The SMILES string of the molecule is CCCn1c2c(c3cc(C(=O)N4CCC(C)CC4)ccc31)CN(C1=NCCC1)CC2.CCCn1c2c(c3cc(C(=O)N4CCC(C)CC4)ccc31)CNCC2. The third-order valence-electron chi connectivity index (χ3n) is 13.1. The van der Waals surface area contributed by atoms with Gasteiger partial charge in [-0.3, -0.25) is 14.6 Å².